The largest absolute Gasteiger partial charge is 0.348 e. The van der Waals surface area contributed by atoms with Crippen LogP contribution in [0.3, 0.4) is 0 Å². The highest BCUT2D eigenvalue weighted by atomic mass is 16.2. The van der Waals surface area contributed by atoms with Crippen molar-refractivity contribution in [1.29, 1.82) is 0 Å². The minimum absolute atomic E-state index is 0.00328. The van der Waals surface area contributed by atoms with Crippen molar-refractivity contribution in [2.45, 2.75) is 51.7 Å². The van der Waals surface area contributed by atoms with Gasteiger partial charge < -0.3 is 10.6 Å². The molecule has 2 N–H and O–H groups in total. The Balaban J connectivity index is 1.26. The molecule has 9 heteroatoms. The number of aromatic nitrogens is 3. The minimum atomic E-state index is -0.142. The maximum absolute atomic E-state index is 12.5. The van der Waals surface area contributed by atoms with E-state index in [-0.39, 0.29) is 23.5 Å². The van der Waals surface area contributed by atoms with Gasteiger partial charge in [0.2, 0.25) is 5.91 Å². The number of anilines is 1. The average Bonchev–Trinajstić information content (AvgIpc) is 3.31. The van der Waals surface area contributed by atoms with Gasteiger partial charge in [-0.15, -0.1) is 0 Å². The molecule has 0 aliphatic carbocycles. The van der Waals surface area contributed by atoms with Crippen molar-refractivity contribution >= 4 is 17.5 Å². The molecule has 1 aromatic heterocycles. The second-order valence-electron chi connectivity index (χ2n) is 8.05. The van der Waals surface area contributed by atoms with E-state index in [1.54, 1.807) is 33.5 Å². The molecular weight excluding hydrogens is 384 g/mol. The molecule has 2 amide bonds. The van der Waals surface area contributed by atoms with Crippen LogP contribution in [0.2, 0.25) is 0 Å². The van der Waals surface area contributed by atoms with Gasteiger partial charge in [-0.2, -0.15) is 5.10 Å². The molecule has 0 bridgehead atoms. The van der Waals surface area contributed by atoms with Crippen molar-refractivity contribution in [3.63, 3.8) is 0 Å². The lowest BCUT2D eigenvalue weighted by Crippen LogP contribution is -2.38. The predicted molar refractivity (Wildman–Crippen MR) is 112 cm³/mol. The molecule has 1 saturated heterocycles. The number of aryl methyl sites for hydroxylation is 1. The van der Waals surface area contributed by atoms with E-state index in [4.69, 9.17) is 0 Å². The summed E-state index contributed by atoms with van der Waals surface area (Å²) < 4.78 is 3.39. The molecule has 2 aliphatic heterocycles. The number of likely N-dealkylation sites (tertiary alicyclic amines) is 1. The zero-order chi connectivity index (χ0) is 21.1. The summed E-state index contributed by atoms with van der Waals surface area (Å²) in [7, 11) is 0. The molecule has 1 aromatic carbocycles. The molecule has 3 heterocycles. The number of carbonyl (C=O) groups excluding carboxylic acids is 2. The fraction of sp³-hybridized carbons (Fsp3) is 0.524. The van der Waals surface area contributed by atoms with Crippen molar-refractivity contribution in [2.24, 2.45) is 0 Å². The van der Waals surface area contributed by atoms with Crippen molar-refractivity contribution < 1.29 is 9.59 Å². The van der Waals surface area contributed by atoms with Gasteiger partial charge in [-0.3, -0.25) is 19.1 Å². The zero-order valence-electron chi connectivity index (χ0n) is 17.3. The first-order valence-corrected chi connectivity index (χ1v) is 10.6. The van der Waals surface area contributed by atoms with E-state index in [0.717, 1.165) is 57.7 Å². The Labute approximate surface area is 175 Å². The number of benzene rings is 1. The summed E-state index contributed by atoms with van der Waals surface area (Å²) in [6, 6.07) is 6.94. The van der Waals surface area contributed by atoms with Crippen LogP contribution in [0, 0.1) is 0 Å². The lowest BCUT2D eigenvalue weighted by atomic mass is 10.1. The Morgan fingerprint density at radius 3 is 2.67 bits per heavy atom. The smallest absolute Gasteiger partial charge is 0.345 e. The van der Waals surface area contributed by atoms with Crippen LogP contribution in [0.5, 0.6) is 0 Å². The first-order valence-electron chi connectivity index (χ1n) is 10.6. The highest BCUT2D eigenvalue weighted by Gasteiger charge is 2.25. The van der Waals surface area contributed by atoms with E-state index in [2.05, 4.69) is 20.6 Å². The molecule has 0 radical (unpaired) electrons. The predicted octanol–water partition coefficient (Wildman–Crippen LogP) is 0.844. The average molecular weight is 412 g/mol. The van der Waals surface area contributed by atoms with E-state index in [1.165, 1.54) is 6.92 Å². The summed E-state index contributed by atoms with van der Waals surface area (Å²) in [5.74, 6) is 0.646. The minimum Gasteiger partial charge on any atom is -0.348 e. The Morgan fingerprint density at radius 1 is 1.13 bits per heavy atom. The van der Waals surface area contributed by atoms with Gasteiger partial charge in [0.25, 0.3) is 5.91 Å². The quantitative estimate of drug-likeness (QED) is 0.732. The van der Waals surface area contributed by atoms with Crippen molar-refractivity contribution in [3.8, 4) is 0 Å². The van der Waals surface area contributed by atoms with E-state index in [1.807, 2.05) is 0 Å². The lowest BCUT2D eigenvalue weighted by molar-refractivity contribution is -0.114. The van der Waals surface area contributed by atoms with Crippen molar-refractivity contribution in [1.82, 2.24) is 24.6 Å². The molecule has 30 heavy (non-hydrogen) atoms. The summed E-state index contributed by atoms with van der Waals surface area (Å²) in [6.07, 6.45) is 3.90. The van der Waals surface area contributed by atoms with Crippen LogP contribution in [0.1, 0.15) is 42.4 Å². The molecular formula is C21H28N6O3. The monoisotopic (exact) mass is 412 g/mol. The van der Waals surface area contributed by atoms with E-state index in [0.29, 0.717) is 17.8 Å². The van der Waals surface area contributed by atoms with Crippen LogP contribution in [-0.4, -0.2) is 56.7 Å². The van der Waals surface area contributed by atoms with Gasteiger partial charge in [0.1, 0.15) is 5.82 Å². The SMILES string of the molecule is CC(=O)Nc1ccc(C(=O)NC2CCN(CCn3nc4n(c3=O)CCCC4)C2)cc1. The third kappa shape index (κ3) is 4.62. The molecule has 2 aliphatic rings. The lowest BCUT2D eigenvalue weighted by Gasteiger charge is -2.16. The Morgan fingerprint density at radius 2 is 1.93 bits per heavy atom. The van der Waals surface area contributed by atoms with Gasteiger partial charge in [0.05, 0.1) is 6.54 Å². The highest BCUT2D eigenvalue weighted by Crippen LogP contribution is 2.13. The van der Waals surface area contributed by atoms with Crippen molar-refractivity contribution in [2.75, 3.05) is 25.0 Å². The number of amides is 2. The maximum Gasteiger partial charge on any atom is 0.345 e. The van der Waals surface area contributed by atoms with E-state index >= 15 is 0 Å². The Kier molecular flexibility index (Phi) is 5.98. The summed E-state index contributed by atoms with van der Waals surface area (Å²) in [5, 5.41) is 10.3. The van der Waals surface area contributed by atoms with E-state index in [9.17, 15) is 14.4 Å². The first-order chi connectivity index (χ1) is 14.5. The maximum atomic E-state index is 12.5. The van der Waals surface area contributed by atoms with Gasteiger partial charge in [0.15, 0.2) is 0 Å². The standard InChI is InChI=1S/C21H28N6O3/c1-15(28)22-17-7-5-16(6-8-17)20(29)23-18-9-11-25(14-18)12-13-27-21(30)26-10-3-2-4-19(26)24-27/h5-8,18H,2-4,9-14H2,1H3,(H,22,28)(H,23,29). The van der Waals surface area contributed by atoms with Crippen LogP contribution in [-0.2, 0) is 24.3 Å². The van der Waals surface area contributed by atoms with Crippen LogP contribution >= 0.6 is 0 Å². The second-order valence-corrected chi connectivity index (χ2v) is 8.05. The number of nitrogens with one attached hydrogen (secondary N) is 2. The molecule has 2 aromatic rings. The number of nitrogens with zero attached hydrogens (tertiary/aromatic N) is 4. The number of hydrogen-bond acceptors (Lipinski definition) is 5. The topological polar surface area (TPSA) is 101 Å². The third-order valence-corrected chi connectivity index (χ3v) is 5.73. The molecule has 9 nitrogen and oxygen atoms in total. The fourth-order valence-electron chi connectivity index (χ4n) is 4.16. The van der Waals surface area contributed by atoms with Gasteiger partial charge in [-0.05, 0) is 43.5 Å². The molecule has 1 unspecified atom stereocenters. The third-order valence-electron chi connectivity index (χ3n) is 5.73. The normalized spacial score (nSPS) is 18.8. The van der Waals surface area contributed by atoms with Gasteiger partial charge in [-0.1, -0.05) is 0 Å². The number of rotatable bonds is 6. The van der Waals surface area contributed by atoms with Crippen LogP contribution in [0.15, 0.2) is 29.1 Å². The molecule has 1 fully saturated rings. The summed E-state index contributed by atoms with van der Waals surface area (Å²) in [4.78, 5) is 38.3. The van der Waals surface area contributed by atoms with Crippen molar-refractivity contribution in [3.05, 3.63) is 46.1 Å². The number of carbonyl (C=O) groups is 2. The summed E-state index contributed by atoms with van der Waals surface area (Å²) in [5.41, 5.74) is 1.23. The van der Waals surface area contributed by atoms with Crippen LogP contribution in [0.25, 0.3) is 0 Å². The Bertz CT molecular complexity index is 978. The summed E-state index contributed by atoms with van der Waals surface area (Å²) >= 11 is 0. The second kappa shape index (κ2) is 8.83. The number of fused-ring (bicyclic) bond motifs is 1. The van der Waals surface area contributed by atoms with Gasteiger partial charge >= 0.3 is 5.69 Å². The van der Waals surface area contributed by atoms with Gasteiger partial charge in [0, 0.05) is 56.8 Å². The van der Waals surface area contributed by atoms with Crippen LogP contribution in [0.4, 0.5) is 5.69 Å². The molecule has 1 atom stereocenters. The highest BCUT2D eigenvalue weighted by molar-refractivity contribution is 5.95. The molecule has 0 spiro atoms. The summed E-state index contributed by atoms with van der Waals surface area (Å²) in [6.45, 7) is 5.19. The Hall–Kier alpha value is -2.94. The fourth-order valence-corrected chi connectivity index (χ4v) is 4.16. The van der Waals surface area contributed by atoms with Crippen LogP contribution < -0.4 is 16.3 Å². The first kappa shape index (κ1) is 20.3. The number of hydrogen-bond donors (Lipinski definition) is 2. The zero-order valence-corrected chi connectivity index (χ0v) is 17.3. The van der Waals surface area contributed by atoms with E-state index < -0.39 is 0 Å². The molecule has 0 saturated carbocycles. The molecule has 4 rings (SSSR count). The molecule has 160 valence electrons. The van der Waals surface area contributed by atoms with Gasteiger partial charge in [-0.25, -0.2) is 9.48 Å².